The molecule has 0 amide bonds. The molecule has 112 valence electrons. The number of aryl methyl sites for hydroxylation is 1. The first-order valence-corrected chi connectivity index (χ1v) is 7.29. The van der Waals surface area contributed by atoms with Crippen LogP contribution < -0.4 is 10.2 Å². The van der Waals surface area contributed by atoms with Gasteiger partial charge in [0.1, 0.15) is 5.82 Å². The zero-order valence-electron chi connectivity index (χ0n) is 13.0. The van der Waals surface area contributed by atoms with Crippen LogP contribution in [-0.4, -0.2) is 32.3 Å². The van der Waals surface area contributed by atoms with E-state index in [1.165, 1.54) is 0 Å². The summed E-state index contributed by atoms with van der Waals surface area (Å²) in [5.41, 5.74) is 2.82. The molecule has 3 nitrogen and oxygen atoms in total. The number of hydrogen-bond acceptors (Lipinski definition) is 3. The maximum Gasteiger partial charge on any atom is 0.126 e. The van der Waals surface area contributed by atoms with Crippen molar-refractivity contribution >= 4 is 5.69 Å². The Bertz CT molecular complexity index is 478. The number of benzene rings is 1. The molecule has 1 aromatic carbocycles. The summed E-state index contributed by atoms with van der Waals surface area (Å²) >= 11 is 0. The first kappa shape index (κ1) is 15.3. The predicted molar refractivity (Wildman–Crippen MR) is 80.8 cm³/mol. The van der Waals surface area contributed by atoms with Crippen molar-refractivity contribution in [1.82, 2.24) is 5.32 Å². The van der Waals surface area contributed by atoms with Gasteiger partial charge in [-0.1, -0.05) is 0 Å². The van der Waals surface area contributed by atoms with Crippen molar-refractivity contribution in [3.63, 3.8) is 0 Å². The van der Waals surface area contributed by atoms with Crippen LogP contribution in [0, 0.1) is 12.7 Å². The quantitative estimate of drug-likeness (QED) is 0.921. The minimum atomic E-state index is -0.139. The first-order valence-electron chi connectivity index (χ1n) is 7.29. The van der Waals surface area contributed by atoms with E-state index in [1.807, 2.05) is 20.0 Å². The van der Waals surface area contributed by atoms with Gasteiger partial charge in [-0.05, 0) is 58.0 Å². The van der Waals surface area contributed by atoms with Crippen LogP contribution in [0.25, 0.3) is 0 Å². The highest BCUT2D eigenvalue weighted by Crippen LogP contribution is 2.32. The van der Waals surface area contributed by atoms with Gasteiger partial charge >= 0.3 is 0 Å². The van der Waals surface area contributed by atoms with Crippen molar-refractivity contribution in [3.05, 3.63) is 29.1 Å². The summed E-state index contributed by atoms with van der Waals surface area (Å²) in [6, 6.07) is 4.05. The molecule has 0 bridgehead atoms. The molecule has 1 aliphatic heterocycles. The van der Waals surface area contributed by atoms with Gasteiger partial charge in [-0.15, -0.1) is 0 Å². The second-order valence-corrected chi connectivity index (χ2v) is 5.82. The largest absolute Gasteiger partial charge is 0.375 e. The highest BCUT2D eigenvalue weighted by molar-refractivity contribution is 5.58. The molecule has 20 heavy (non-hydrogen) atoms. The molecule has 4 heteroatoms. The number of ether oxygens (including phenoxy) is 1. The van der Waals surface area contributed by atoms with Crippen LogP contribution in [0.4, 0.5) is 10.1 Å². The van der Waals surface area contributed by atoms with Crippen LogP contribution >= 0.6 is 0 Å². The maximum atomic E-state index is 13.9. The Labute approximate surface area is 121 Å². The minimum absolute atomic E-state index is 0.116. The topological polar surface area (TPSA) is 24.5 Å². The standard InChI is InChI=1S/C16H25FN2O/c1-10-6-16(14(7-15(10)17)13(4)18-5)19-8-12(3)20-9-11(19)2/h6-7,11-13,18H,8-9H2,1-5H3. The van der Waals surface area contributed by atoms with E-state index in [-0.39, 0.29) is 18.0 Å². The Morgan fingerprint density at radius 1 is 1.40 bits per heavy atom. The monoisotopic (exact) mass is 280 g/mol. The molecule has 3 unspecified atom stereocenters. The molecule has 1 aromatic rings. The van der Waals surface area contributed by atoms with Gasteiger partial charge in [-0.3, -0.25) is 0 Å². The molecule has 1 aliphatic rings. The molecule has 2 rings (SSSR count). The van der Waals surface area contributed by atoms with E-state index in [2.05, 4.69) is 31.0 Å². The van der Waals surface area contributed by atoms with Crippen LogP contribution in [0.2, 0.25) is 0 Å². The lowest BCUT2D eigenvalue weighted by Crippen LogP contribution is -2.48. The molecule has 0 spiro atoms. The minimum Gasteiger partial charge on any atom is -0.375 e. The Morgan fingerprint density at radius 2 is 2.10 bits per heavy atom. The van der Waals surface area contributed by atoms with Crippen LogP contribution in [-0.2, 0) is 4.74 Å². The second-order valence-electron chi connectivity index (χ2n) is 5.82. The SMILES string of the molecule is CNC(C)c1cc(F)c(C)cc1N1CC(C)OCC1C. The van der Waals surface area contributed by atoms with E-state index in [1.54, 1.807) is 6.07 Å². The van der Waals surface area contributed by atoms with E-state index in [4.69, 9.17) is 4.74 Å². The van der Waals surface area contributed by atoms with Crippen molar-refractivity contribution in [1.29, 1.82) is 0 Å². The van der Waals surface area contributed by atoms with Crippen molar-refractivity contribution < 1.29 is 9.13 Å². The van der Waals surface area contributed by atoms with Crippen LogP contribution in [0.5, 0.6) is 0 Å². The zero-order valence-corrected chi connectivity index (χ0v) is 13.0. The molecule has 1 saturated heterocycles. The number of hydrogen-bond donors (Lipinski definition) is 1. The summed E-state index contributed by atoms with van der Waals surface area (Å²) in [7, 11) is 1.90. The van der Waals surface area contributed by atoms with Gasteiger partial charge < -0.3 is 15.0 Å². The lowest BCUT2D eigenvalue weighted by Gasteiger charge is -2.40. The lowest BCUT2D eigenvalue weighted by atomic mass is 10.0. The summed E-state index contributed by atoms with van der Waals surface area (Å²) in [4.78, 5) is 2.34. The van der Waals surface area contributed by atoms with E-state index in [0.717, 1.165) is 17.8 Å². The summed E-state index contributed by atoms with van der Waals surface area (Å²) < 4.78 is 19.6. The fourth-order valence-electron chi connectivity index (χ4n) is 2.67. The molecule has 0 radical (unpaired) electrons. The average molecular weight is 280 g/mol. The summed E-state index contributed by atoms with van der Waals surface area (Å²) in [6.45, 7) is 9.67. The van der Waals surface area contributed by atoms with Crippen molar-refractivity contribution in [2.45, 2.75) is 45.9 Å². The van der Waals surface area contributed by atoms with Crippen molar-refractivity contribution in [2.24, 2.45) is 0 Å². The van der Waals surface area contributed by atoms with Crippen LogP contribution in [0.1, 0.15) is 37.9 Å². The Hall–Kier alpha value is -1.13. The van der Waals surface area contributed by atoms with Gasteiger partial charge in [0.15, 0.2) is 0 Å². The van der Waals surface area contributed by atoms with Crippen molar-refractivity contribution in [2.75, 3.05) is 25.1 Å². The third-order valence-corrected chi connectivity index (χ3v) is 4.12. The van der Waals surface area contributed by atoms with Gasteiger partial charge in [-0.25, -0.2) is 4.39 Å². The van der Waals surface area contributed by atoms with E-state index < -0.39 is 0 Å². The zero-order chi connectivity index (χ0) is 14.9. The molecule has 0 aromatic heterocycles. The molecule has 1 N–H and O–H groups in total. The molecule has 0 saturated carbocycles. The summed E-state index contributed by atoms with van der Waals surface area (Å²) in [6.07, 6.45) is 0.203. The van der Waals surface area contributed by atoms with Gasteiger partial charge in [0.2, 0.25) is 0 Å². The second kappa shape index (κ2) is 6.10. The number of nitrogens with one attached hydrogen (secondary N) is 1. The normalized spacial score (nSPS) is 24.8. The number of nitrogens with zero attached hydrogens (tertiary/aromatic N) is 1. The Morgan fingerprint density at radius 3 is 2.75 bits per heavy atom. The van der Waals surface area contributed by atoms with Gasteiger partial charge in [0.25, 0.3) is 0 Å². The van der Waals surface area contributed by atoms with Gasteiger partial charge in [0, 0.05) is 24.3 Å². The predicted octanol–water partition coefficient (Wildman–Crippen LogP) is 3.03. The van der Waals surface area contributed by atoms with E-state index >= 15 is 0 Å². The van der Waals surface area contributed by atoms with Gasteiger partial charge in [-0.2, -0.15) is 0 Å². The smallest absolute Gasteiger partial charge is 0.126 e. The van der Waals surface area contributed by atoms with E-state index in [9.17, 15) is 4.39 Å². The molecule has 1 fully saturated rings. The third kappa shape index (κ3) is 2.96. The van der Waals surface area contributed by atoms with Crippen LogP contribution in [0.15, 0.2) is 12.1 Å². The number of rotatable bonds is 3. The fraction of sp³-hybridized carbons (Fsp3) is 0.625. The van der Waals surface area contributed by atoms with Gasteiger partial charge in [0.05, 0.1) is 12.7 Å². The number of halogens is 1. The molecular formula is C16H25FN2O. The number of anilines is 1. The molecule has 1 heterocycles. The molecular weight excluding hydrogens is 255 g/mol. The van der Waals surface area contributed by atoms with E-state index in [0.29, 0.717) is 18.2 Å². The van der Waals surface area contributed by atoms with Crippen molar-refractivity contribution in [3.8, 4) is 0 Å². The Kier molecular flexibility index (Phi) is 4.66. The maximum absolute atomic E-state index is 13.9. The third-order valence-electron chi connectivity index (χ3n) is 4.12. The summed E-state index contributed by atoms with van der Waals surface area (Å²) in [5, 5.41) is 3.21. The fourth-order valence-corrected chi connectivity index (χ4v) is 2.67. The van der Waals surface area contributed by atoms with Crippen LogP contribution in [0.3, 0.4) is 0 Å². The highest BCUT2D eigenvalue weighted by atomic mass is 19.1. The molecule has 0 aliphatic carbocycles. The highest BCUT2D eigenvalue weighted by Gasteiger charge is 2.27. The Balaban J connectivity index is 2.45. The number of morpholine rings is 1. The summed E-state index contributed by atoms with van der Waals surface area (Å²) in [5.74, 6) is -0.139. The lowest BCUT2D eigenvalue weighted by molar-refractivity contribution is 0.0343. The first-order chi connectivity index (χ1) is 9.43. The molecule has 3 atom stereocenters. The average Bonchev–Trinajstić information content (AvgIpc) is 2.43.